The van der Waals surface area contributed by atoms with Crippen molar-refractivity contribution in [1.29, 1.82) is 0 Å². The van der Waals surface area contributed by atoms with Crippen molar-refractivity contribution in [3.8, 4) is 11.5 Å². The number of phenolic OH excluding ortho intramolecular Hbond substituents is 1. The SMILES string of the molecule is C=C(C)C(=O)Oc1c(O)cccc1C(=O)O. The molecule has 0 aromatic heterocycles. The lowest BCUT2D eigenvalue weighted by atomic mass is 10.2. The number of aromatic hydroxyl groups is 1. The third-order valence-electron chi connectivity index (χ3n) is 1.77. The van der Waals surface area contributed by atoms with Gasteiger partial charge in [-0.2, -0.15) is 0 Å². The standard InChI is InChI=1S/C11H10O5/c1-6(2)11(15)16-9-7(10(13)14)4-3-5-8(9)12/h3-5,12H,1H2,2H3,(H,13,14). The van der Waals surface area contributed by atoms with Gasteiger partial charge in [0, 0.05) is 5.57 Å². The number of aromatic carboxylic acids is 1. The number of ether oxygens (including phenoxy) is 1. The Bertz CT molecular complexity index is 461. The summed E-state index contributed by atoms with van der Waals surface area (Å²) >= 11 is 0. The normalized spacial score (nSPS) is 9.56. The topological polar surface area (TPSA) is 83.8 Å². The van der Waals surface area contributed by atoms with Crippen molar-refractivity contribution in [2.24, 2.45) is 0 Å². The minimum atomic E-state index is -1.29. The predicted octanol–water partition coefficient (Wildman–Crippen LogP) is 1.57. The Morgan fingerprint density at radius 3 is 2.50 bits per heavy atom. The van der Waals surface area contributed by atoms with Crippen LogP contribution in [0, 0.1) is 0 Å². The van der Waals surface area contributed by atoms with E-state index >= 15 is 0 Å². The summed E-state index contributed by atoms with van der Waals surface area (Å²) in [6.07, 6.45) is 0. The summed E-state index contributed by atoms with van der Waals surface area (Å²) in [6.45, 7) is 4.77. The zero-order valence-corrected chi connectivity index (χ0v) is 8.56. The number of hydrogen-bond acceptors (Lipinski definition) is 4. The van der Waals surface area contributed by atoms with E-state index in [-0.39, 0.29) is 16.9 Å². The van der Waals surface area contributed by atoms with Crippen molar-refractivity contribution >= 4 is 11.9 Å². The number of carboxylic acids is 1. The summed E-state index contributed by atoms with van der Waals surface area (Å²) in [7, 11) is 0. The van der Waals surface area contributed by atoms with Gasteiger partial charge in [-0.15, -0.1) is 0 Å². The first-order chi connectivity index (χ1) is 7.43. The van der Waals surface area contributed by atoms with Crippen LogP contribution in [0.4, 0.5) is 0 Å². The number of hydrogen-bond donors (Lipinski definition) is 2. The van der Waals surface area contributed by atoms with Gasteiger partial charge in [-0.25, -0.2) is 9.59 Å². The lowest BCUT2D eigenvalue weighted by Crippen LogP contribution is -2.11. The van der Waals surface area contributed by atoms with Gasteiger partial charge in [0.05, 0.1) is 0 Å². The average molecular weight is 222 g/mol. The minimum absolute atomic E-state index is 0.111. The fourth-order valence-electron chi connectivity index (χ4n) is 0.980. The molecule has 16 heavy (non-hydrogen) atoms. The molecule has 1 aromatic carbocycles. The molecule has 0 spiro atoms. The highest BCUT2D eigenvalue weighted by Crippen LogP contribution is 2.30. The Balaban J connectivity index is 3.16. The second-order valence-corrected chi connectivity index (χ2v) is 3.13. The third-order valence-corrected chi connectivity index (χ3v) is 1.77. The lowest BCUT2D eigenvalue weighted by Gasteiger charge is -2.08. The van der Waals surface area contributed by atoms with E-state index in [9.17, 15) is 14.7 Å². The first-order valence-corrected chi connectivity index (χ1v) is 4.36. The summed E-state index contributed by atoms with van der Waals surface area (Å²) < 4.78 is 4.73. The second-order valence-electron chi connectivity index (χ2n) is 3.13. The molecule has 84 valence electrons. The maximum Gasteiger partial charge on any atom is 0.339 e. The number of carboxylic acid groups (broad SMARTS) is 1. The van der Waals surface area contributed by atoms with Crippen molar-refractivity contribution in [3.05, 3.63) is 35.9 Å². The van der Waals surface area contributed by atoms with Crippen LogP contribution in [-0.2, 0) is 4.79 Å². The monoisotopic (exact) mass is 222 g/mol. The van der Waals surface area contributed by atoms with Gasteiger partial charge in [-0.3, -0.25) is 0 Å². The van der Waals surface area contributed by atoms with Crippen LogP contribution in [0.2, 0.25) is 0 Å². The first kappa shape index (κ1) is 11.8. The number of esters is 1. The van der Waals surface area contributed by atoms with Crippen molar-refractivity contribution < 1.29 is 24.5 Å². The third kappa shape index (κ3) is 2.38. The van der Waals surface area contributed by atoms with Crippen molar-refractivity contribution in [2.75, 3.05) is 0 Å². The van der Waals surface area contributed by atoms with E-state index < -0.39 is 17.7 Å². The van der Waals surface area contributed by atoms with E-state index in [1.54, 1.807) is 0 Å². The number of phenols is 1. The van der Waals surface area contributed by atoms with Crippen LogP contribution in [0.5, 0.6) is 11.5 Å². The Labute approximate surface area is 91.6 Å². The number of rotatable bonds is 3. The molecule has 2 N–H and O–H groups in total. The number of para-hydroxylation sites is 1. The molecule has 0 fully saturated rings. The molecule has 0 heterocycles. The van der Waals surface area contributed by atoms with E-state index in [2.05, 4.69) is 6.58 Å². The Morgan fingerprint density at radius 2 is 2.00 bits per heavy atom. The van der Waals surface area contributed by atoms with Crippen molar-refractivity contribution in [3.63, 3.8) is 0 Å². The van der Waals surface area contributed by atoms with Gasteiger partial charge in [0.2, 0.25) is 0 Å². The van der Waals surface area contributed by atoms with Gasteiger partial charge < -0.3 is 14.9 Å². The zero-order chi connectivity index (χ0) is 12.3. The second kappa shape index (κ2) is 4.48. The van der Waals surface area contributed by atoms with E-state index in [1.165, 1.54) is 25.1 Å². The van der Waals surface area contributed by atoms with Gasteiger partial charge in [-0.1, -0.05) is 12.6 Å². The number of benzene rings is 1. The van der Waals surface area contributed by atoms with Gasteiger partial charge in [0.25, 0.3) is 0 Å². The molecule has 0 amide bonds. The van der Waals surface area contributed by atoms with Gasteiger partial charge in [-0.05, 0) is 19.1 Å². The molecule has 5 heteroatoms. The van der Waals surface area contributed by atoms with Crippen LogP contribution in [0.15, 0.2) is 30.4 Å². The fourth-order valence-corrected chi connectivity index (χ4v) is 0.980. The van der Waals surface area contributed by atoms with E-state index in [1.807, 2.05) is 0 Å². The summed E-state index contributed by atoms with van der Waals surface area (Å²) in [5, 5.41) is 18.2. The van der Waals surface area contributed by atoms with E-state index in [4.69, 9.17) is 9.84 Å². The first-order valence-electron chi connectivity index (χ1n) is 4.36. The highest BCUT2D eigenvalue weighted by Gasteiger charge is 2.18. The van der Waals surface area contributed by atoms with Crippen molar-refractivity contribution in [1.82, 2.24) is 0 Å². The maximum atomic E-state index is 11.2. The molecule has 0 saturated heterocycles. The van der Waals surface area contributed by atoms with Crippen LogP contribution in [-0.4, -0.2) is 22.2 Å². The van der Waals surface area contributed by atoms with Gasteiger partial charge in [0.15, 0.2) is 11.5 Å². The molecule has 0 radical (unpaired) electrons. The highest BCUT2D eigenvalue weighted by molar-refractivity contribution is 5.95. The molecule has 0 saturated carbocycles. The van der Waals surface area contributed by atoms with Gasteiger partial charge >= 0.3 is 11.9 Å². The number of carbonyl (C=O) groups excluding carboxylic acids is 1. The molecule has 0 aliphatic carbocycles. The molecule has 1 rings (SSSR count). The van der Waals surface area contributed by atoms with Crippen LogP contribution in [0.3, 0.4) is 0 Å². The molecular weight excluding hydrogens is 212 g/mol. The molecule has 1 aromatic rings. The Hall–Kier alpha value is -2.30. The largest absolute Gasteiger partial charge is 0.504 e. The highest BCUT2D eigenvalue weighted by atomic mass is 16.5. The molecule has 0 atom stereocenters. The predicted molar refractivity (Wildman–Crippen MR) is 55.5 cm³/mol. The Kier molecular flexibility index (Phi) is 3.30. The molecule has 5 nitrogen and oxygen atoms in total. The van der Waals surface area contributed by atoms with Crippen LogP contribution in [0.1, 0.15) is 17.3 Å². The van der Waals surface area contributed by atoms with Crippen LogP contribution >= 0.6 is 0 Å². The average Bonchev–Trinajstić information content (AvgIpc) is 2.20. The summed E-state index contributed by atoms with van der Waals surface area (Å²) in [5.74, 6) is -2.86. The molecule has 0 aliphatic rings. The minimum Gasteiger partial charge on any atom is -0.504 e. The quantitative estimate of drug-likeness (QED) is 0.460. The maximum absolute atomic E-state index is 11.2. The summed E-state index contributed by atoms with van der Waals surface area (Å²) in [5.41, 5.74) is -0.172. The summed E-state index contributed by atoms with van der Waals surface area (Å²) in [6, 6.07) is 3.80. The zero-order valence-electron chi connectivity index (χ0n) is 8.56. The van der Waals surface area contributed by atoms with E-state index in [0.29, 0.717) is 0 Å². The molecule has 0 unspecified atom stereocenters. The van der Waals surface area contributed by atoms with E-state index in [0.717, 1.165) is 0 Å². The number of carbonyl (C=O) groups is 2. The fraction of sp³-hybridized carbons (Fsp3) is 0.0909. The Morgan fingerprint density at radius 1 is 1.38 bits per heavy atom. The van der Waals surface area contributed by atoms with Gasteiger partial charge in [0.1, 0.15) is 5.56 Å². The smallest absolute Gasteiger partial charge is 0.339 e. The van der Waals surface area contributed by atoms with Crippen molar-refractivity contribution in [2.45, 2.75) is 6.92 Å². The molecule has 0 bridgehead atoms. The molecular formula is C11H10O5. The lowest BCUT2D eigenvalue weighted by molar-refractivity contribution is -0.130. The molecule has 0 aliphatic heterocycles. The summed E-state index contributed by atoms with van der Waals surface area (Å²) in [4.78, 5) is 22.0. The van der Waals surface area contributed by atoms with Crippen LogP contribution < -0.4 is 4.74 Å². The van der Waals surface area contributed by atoms with Crippen LogP contribution in [0.25, 0.3) is 0 Å².